The van der Waals surface area contributed by atoms with E-state index in [1.807, 2.05) is 0 Å². The van der Waals surface area contributed by atoms with Gasteiger partial charge in [0.1, 0.15) is 5.75 Å². The number of carbonyl (C=O) groups is 1. The monoisotopic (exact) mass is 255 g/mol. The van der Waals surface area contributed by atoms with Crippen molar-refractivity contribution in [2.75, 3.05) is 5.41 Å². The second-order valence-electron chi connectivity index (χ2n) is 2.37. The first kappa shape index (κ1) is 10.6. The number of carbonyl (C=O) groups excluding carboxylic acids is 1. The first-order chi connectivity index (χ1) is 6.15. The van der Waals surface area contributed by atoms with Crippen LogP contribution in [-0.4, -0.2) is 32.7 Å². The van der Waals surface area contributed by atoms with Crippen LogP contribution in [0.25, 0.3) is 0 Å². The van der Waals surface area contributed by atoms with Crippen molar-refractivity contribution in [3.63, 3.8) is 0 Å². The van der Waals surface area contributed by atoms with Crippen molar-refractivity contribution in [2.24, 2.45) is 0 Å². The molecule has 0 heterocycles. The van der Waals surface area contributed by atoms with Crippen LogP contribution in [0.1, 0.15) is 10.4 Å². The molecule has 0 fully saturated rings. The fourth-order valence-corrected chi connectivity index (χ4v) is 1.42. The van der Waals surface area contributed by atoms with E-state index in [2.05, 4.69) is 37.5 Å². The molecule has 0 aliphatic rings. The molecule has 1 rings (SSSR count). The molecule has 0 saturated heterocycles. The van der Waals surface area contributed by atoms with Crippen LogP contribution >= 0.6 is 15.9 Å². The zero-order chi connectivity index (χ0) is 9.84. The zero-order valence-electron chi connectivity index (χ0n) is 6.75. The molecule has 1 amide bonds. The Kier molecular flexibility index (Phi) is 3.79. The van der Waals surface area contributed by atoms with Crippen LogP contribution in [0.2, 0.25) is 0 Å². The average molecular weight is 256 g/mol. The largest absolute Gasteiger partial charge is 0.507 e. The molecule has 1 aromatic rings. The lowest BCUT2D eigenvalue weighted by Crippen LogP contribution is -2.24. The molecule has 0 aliphatic heterocycles. The number of nitrogens with one attached hydrogen (secondary N) is 1. The van der Waals surface area contributed by atoms with E-state index in [0.717, 1.165) is 4.47 Å². The minimum Gasteiger partial charge on any atom is -0.507 e. The SMILES string of the molecule is O=C(N[CH2][Al])c1cc(Br)ccc1O. The minimum atomic E-state index is -0.284. The first-order valence-corrected chi connectivity index (χ1v) is 5.23. The predicted octanol–water partition coefficient (Wildman–Crippen LogP) is 1.01. The highest BCUT2D eigenvalue weighted by molar-refractivity contribution is 9.10. The molecule has 13 heavy (non-hydrogen) atoms. The number of hydrogen-bond donors (Lipinski definition) is 2. The van der Waals surface area contributed by atoms with Crippen LogP contribution in [0.15, 0.2) is 22.7 Å². The Balaban J connectivity index is 2.99. The third kappa shape index (κ3) is 2.73. The number of amides is 1. The number of phenols is 1. The maximum Gasteiger partial charge on any atom is 0.253 e. The Morgan fingerprint density at radius 2 is 2.31 bits per heavy atom. The molecule has 1 aromatic carbocycles. The van der Waals surface area contributed by atoms with Crippen LogP contribution in [-0.2, 0) is 0 Å². The van der Waals surface area contributed by atoms with Crippen molar-refractivity contribution in [3.05, 3.63) is 28.2 Å². The Labute approximate surface area is 92.7 Å². The molecule has 2 N–H and O–H groups in total. The van der Waals surface area contributed by atoms with Gasteiger partial charge in [0.2, 0.25) is 0 Å². The molecular weight excluding hydrogens is 249 g/mol. The van der Waals surface area contributed by atoms with Gasteiger partial charge in [-0.2, -0.15) is 0 Å². The fraction of sp³-hybridized carbons (Fsp3) is 0.125. The molecule has 0 aromatic heterocycles. The third-order valence-corrected chi connectivity index (χ3v) is 2.16. The highest BCUT2D eigenvalue weighted by Gasteiger charge is 2.09. The number of benzene rings is 1. The first-order valence-electron chi connectivity index (χ1n) is 3.62. The lowest BCUT2D eigenvalue weighted by atomic mass is 10.2. The van der Waals surface area contributed by atoms with E-state index >= 15 is 0 Å². The smallest absolute Gasteiger partial charge is 0.253 e. The molecule has 66 valence electrons. The summed E-state index contributed by atoms with van der Waals surface area (Å²) < 4.78 is 0.763. The molecule has 0 aliphatic carbocycles. The number of aromatic hydroxyl groups is 1. The third-order valence-electron chi connectivity index (χ3n) is 1.47. The molecule has 0 atom stereocenters. The summed E-state index contributed by atoms with van der Waals surface area (Å²) in [6, 6.07) is 4.72. The van der Waals surface area contributed by atoms with E-state index in [1.54, 1.807) is 12.1 Å². The van der Waals surface area contributed by atoms with Crippen LogP contribution in [0.5, 0.6) is 5.75 Å². The van der Waals surface area contributed by atoms with Crippen molar-refractivity contribution < 1.29 is 9.90 Å². The Bertz CT molecular complexity index is 330. The molecule has 5 heteroatoms. The van der Waals surface area contributed by atoms with E-state index in [9.17, 15) is 9.90 Å². The second kappa shape index (κ2) is 4.66. The Morgan fingerprint density at radius 1 is 1.62 bits per heavy atom. The lowest BCUT2D eigenvalue weighted by molar-refractivity contribution is 0.0957. The fourth-order valence-electron chi connectivity index (χ4n) is 0.878. The van der Waals surface area contributed by atoms with Gasteiger partial charge in [-0.25, -0.2) is 0 Å². The van der Waals surface area contributed by atoms with E-state index in [0.29, 0.717) is 5.41 Å². The van der Waals surface area contributed by atoms with Gasteiger partial charge in [0.05, 0.1) is 5.56 Å². The van der Waals surface area contributed by atoms with E-state index in [1.165, 1.54) is 6.07 Å². The van der Waals surface area contributed by atoms with Crippen molar-refractivity contribution in [3.8, 4) is 5.75 Å². The summed E-state index contributed by atoms with van der Waals surface area (Å²) in [6.45, 7) is 0. The van der Waals surface area contributed by atoms with Gasteiger partial charge < -0.3 is 10.4 Å². The van der Waals surface area contributed by atoms with E-state index < -0.39 is 0 Å². The number of phenolic OH excluding ortho intramolecular Hbond substituents is 1. The molecule has 2 radical (unpaired) electrons. The van der Waals surface area contributed by atoms with Gasteiger partial charge in [-0.05, 0) is 18.2 Å². The topological polar surface area (TPSA) is 49.3 Å². The van der Waals surface area contributed by atoms with Gasteiger partial charge in [-0.3, -0.25) is 4.79 Å². The number of halogens is 1. The summed E-state index contributed by atoms with van der Waals surface area (Å²) in [7, 11) is 0. The van der Waals surface area contributed by atoms with Crippen molar-refractivity contribution >= 4 is 38.1 Å². The quantitative estimate of drug-likeness (QED) is 0.776. The maximum atomic E-state index is 11.3. The van der Waals surface area contributed by atoms with Gasteiger partial charge in [0, 0.05) is 4.47 Å². The van der Waals surface area contributed by atoms with Crippen LogP contribution < -0.4 is 5.32 Å². The average Bonchev–Trinajstić information content (AvgIpc) is 2.09. The normalized spacial score (nSPS) is 9.62. The highest BCUT2D eigenvalue weighted by atomic mass is 79.9. The zero-order valence-corrected chi connectivity index (χ0v) is 9.49. The molecule has 0 bridgehead atoms. The number of hydrogen-bond acceptors (Lipinski definition) is 2. The molecule has 0 unspecified atom stereocenters. The molecule has 3 nitrogen and oxygen atoms in total. The summed E-state index contributed by atoms with van der Waals surface area (Å²) in [5.41, 5.74) is 0.275. The van der Waals surface area contributed by atoms with Crippen LogP contribution in [0, 0.1) is 0 Å². The number of rotatable bonds is 2. The van der Waals surface area contributed by atoms with Gasteiger partial charge in [-0.1, -0.05) is 21.3 Å². The highest BCUT2D eigenvalue weighted by Crippen LogP contribution is 2.21. The van der Waals surface area contributed by atoms with Crippen molar-refractivity contribution in [2.45, 2.75) is 0 Å². The predicted molar refractivity (Wildman–Crippen MR) is 53.9 cm³/mol. The summed E-state index contributed by atoms with van der Waals surface area (Å²) in [5.74, 6) is -0.298. The summed E-state index contributed by atoms with van der Waals surface area (Å²) >= 11 is 5.60. The lowest BCUT2D eigenvalue weighted by Gasteiger charge is -2.04. The minimum absolute atomic E-state index is 0.0147. The Morgan fingerprint density at radius 3 is 2.92 bits per heavy atom. The van der Waals surface area contributed by atoms with E-state index in [-0.39, 0.29) is 17.2 Å². The summed E-state index contributed by atoms with van der Waals surface area (Å²) in [6.07, 6.45) is 0. The van der Waals surface area contributed by atoms with Gasteiger partial charge in [0.25, 0.3) is 5.91 Å². The molecule has 0 saturated carbocycles. The Hall–Kier alpha value is -0.498. The van der Waals surface area contributed by atoms with Gasteiger partial charge in [-0.15, -0.1) is 0 Å². The van der Waals surface area contributed by atoms with E-state index in [4.69, 9.17) is 0 Å². The van der Waals surface area contributed by atoms with Crippen LogP contribution in [0.4, 0.5) is 0 Å². The maximum absolute atomic E-state index is 11.3. The molecular formula is C8H7AlBrNO2. The van der Waals surface area contributed by atoms with Gasteiger partial charge in [0.15, 0.2) is 16.3 Å². The second-order valence-corrected chi connectivity index (χ2v) is 3.70. The standard InChI is InChI=1S/C8H7BrNO2.Al/c1-10-8(12)6-4-5(9)2-3-7(6)11;/h2-4,11H,1H2,(H,10,12);. The summed E-state index contributed by atoms with van der Waals surface area (Å²) in [5, 5.41) is 12.4. The van der Waals surface area contributed by atoms with Crippen LogP contribution in [0.3, 0.4) is 0 Å². The van der Waals surface area contributed by atoms with Gasteiger partial charge >= 0.3 is 0 Å². The molecule has 0 spiro atoms. The summed E-state index contributed by atoms with van der Waals surface area (Å²) in [4.78, 5) is 11.3. The van der Waals surface area contributed by atoms with Crippen molar-refractivity contribution in [1.82, 2.24) is 5.32 Å². The van der Waals surface area contributed by atoms with Crippen molar-refractivity contribution in [1.29, 1.82) is 0 Å².